The van der Waals surface area contributed by atoms with Crippen LogP contribution in [0.15, 0.2) is 11.1 Å². The number of amides is 1. The minimum Gasteiger partial charge on any atom is -0.383 e. The second-order valence-corrected chi connectivity index (χ2v) is 5.31. The summed E-state index contributed by atoms with van der Waals surface area (Å²) in [5, 5.41) is 3.19. The van der Waals surface area contributed by atoms with Gasteiger partial charge in [0, 0.05) is 52.0 Å². The first kappa shape index (κ1) is 14.5. The Morgan fingerprint density at radius 1 is 1.26 bits per heavy atom. The summed E-state index contributed by atoms with van der Waals surface area (Å²) >= 11 is 0. The van der Waals surface area contributed by atoms with Crippen LogP contribution in [0.5, 0.6) is 0 Å². The highest BCUT2D eigenvalue weighted by Crippen LogP contribution is 2.13. The molecule has 0 saturated carbocycles. The van der Waals surface area contributed by atoms with Gasteiger partial charge in [0.2, 0.25) is 5.91 Å². The van der Waals surface area contributed by atoms with Crippen LogP contribution < -0.4 is 5.32 Å². The molecule has 0 atom stereocenters. The van der Waals surface area contributed by atoms with E-state index in [4.69, 9.17) is 4.74 Å². The van der Waals surface area contributed by atoms with Gasteiger partial charge in [0.25, 0.3) is 0 Å². The number of carbonyl (C=O) groups excluding carboxylic acids is 1. The minimum absolute atomic E-state index is 0.227. The normalized spacial score (nSPS) is 20.9. The van der Waals surface area contributed by atoms with Gasteiger partial charge in [0.15, 0.2) is 0 Å². The molecule has 2 rings (SSSR count). The van der Waals surface area contributed by atoms with Crippen LogP contribution in [-0.4, -0.2) is 75.2 Å². The monoisotopic (exact) mass is 267 g/mol. The zero-order chi connectivity index (χ0) is 13.7. The Bertz CT molecular complexity index is 349. The lowest BCUT2D eigenvalue weighted by Crippen LogP contribution is -2.40. The van der Waals surface area contributed by atoms with E-state index in [-0.39, 0.29) is 5.91 Å². The van der Waals surface area contributed by atoms with Crippen molar-refractivity contribution in [2.75, 3.05) is 59.5 Å². The molecular formula is C14H25N3O2. The summed E-state index contributed by atoms with van der Waals surface area (Å²) in [5.41, 5.74) is 2.22. The van der Waals surface area contributed by atoms with Gasteiger partial charge in [-0.1, -0.05) is 0 Å². The molecule has 0 aromatic carbocycles. The summed E-state index contributed by atoms with van der Waals surface area (Å²) in [7, 11) is 1.73. The number of carbonyl (C=O) groups is 1. The average molecular weight is 267 g/mol. The van der Waals surface area contributed by atoms with Crippen molar-refractivity contribution in [2.24, 2.45) is 0 Å². The van der Waals surface area contributed by atoms with Crippen LogP contribution in [0.4, 0.5) is 0 Å². The summed E-state index contributed by atoms with van der Waals surface area (Å²) in [4.78, 5) is 16.8. The lowest BCUT2D eigenvalue weighted by Gasteiger charge is -2.26. The van der Waals surface area contributed by atoms with Gasteiger partial charge in [-0.15, -0.1) is 0 Å². The number of ether oxygens (including phenoxy) is 1. The maximum atomic E-state index is 12.4. The van der Waals surface area contributed by atoms with Gasteiger partial charge in [0.1, 0.15) is 0 Å². The van der Waals surface area contributed by atoms with E-state index >= 15 is 0 Å². The van der Waals surface area contributed by atoms with Crippen molar-refractivity contribution in [3.63, 3.8) is 0 Å². The number of rotatable bonds is 4. The fraction of sp³-hybridized carbons (Fsp3) is 0.786. The number of hydrogen-bond donors (Lipinski definition) is 1. The second kappa shape index (κ2) is 7.03. The topological polar surface area (TPSA) is 44.8 Å². The average Bonchev–Trinajstić information content (AvgIpc) is 2.58. The molecule has 108 valence electrons. The molecule has 2 saturated heterocycles. The predicted molar refractivity (Wildman–Crippen MR) is 75.1 cm³/mol. The highest BCUT2D eigenvalue weighted by molar-refractivity contribution is 5.94. The van der Waals surface area contributed by atoms with Crippen molar-refractivity contribution in [3.8, 4) is 0 Å². The number of nitrogens with one attached hydrogen (secondary N) is 1. The van der Waals surface area contributed by atoms with Gasteiger partial charge in [-0.05, 0) is 25.5 Å². The molecule has 0 aromatic heterocycles. The van der Waals surface area contributed by atoms with Crippen molar-refractivity contribution >= 4 is 5.91 Å². The molecule has 5 heteroatoms. The molecule has 0 unspecified atom stereocenters. The zero-order valence-corrected chi connectivity index (χ0v) is 12.1. The molecule has 19 heavy (non-hydrogen) atoms. The van der Waals surface area contributed by atoms with E-state index in [0.29, 0.717) is 0 Å². The molecule has 1 N–H and O–H groups in total. The van der Waals surface area contributed by atoms with Gasteiger partial charge >= 0.3 is 0 Å². The Kier molecular flexibility index (Phi) is 5.36. The Morgan fingerprint density at radius 2 is 2.05 bits per heavy atom. The van der Waals surface area contributed by atoms with Gasteiger partial charge in [-0.2, -0.15) is 0 Å². The highest BCUT2D eigenvalue weighted by atomic mass is 16.5. The molecule has 0 aliphatic carbocycles. The second-order valence-electron chi connectivity index (χ2n) is 5.31. The zero-order valence-electron chi connectivity index (χ0n) is 12.1. The van der Waals surface area contributed by atoms with Gasteiger partial charge in [-0.25, -0.2) is 0 Å². The molecule has 2 heterocycles. The van der Waals surface area contributed by atoms with Crippen molar-refractivity contribution in [3.05, 3.63) is 11.1 Å². The van der Waals surface area contributed by atoms with Crippen LogP contribution in [0.2, 0.25) is 0 Å². The third-order valence-electron chi connectivity index (χ3n) is 4.02. The van der Waals surface area contributed by atoms with Crippen LogP contribution in [0.3, 0.4) is 0 Å². The molecule has 2 aliphatic heterocycles. The van der Waals surface area contributed by atoms with Gasteiger partial charge < -0.3 is 15.0 Å². The van der Waals surface area contributed by atoms with Crippen LogP contribution in [-0.2, 0) is 9.53 Å². The Morgan fingerprint density at radius 3 is 2.68 bits per heavy atom. The SMILES string of the molecule is COCCN1CCCN(C(=O)C(C)=C2CNC2)CC1. The summed E-state index contributed by atoms with van der Waals surface area (Å²) in [6.45, 7) is 9.18. The molecule has 0 spiro atoms. The number of nitrogens with zero attached hydrogens (tertiary/aromatic N) is 2. The van der Waals surface area contributed by atoms with E-state index in [0.717, 1.165) is 64.4 Å². The third kappa shape index (κ3) is 3.78. The first-order valence-corrected chi connectivity index (χ1v) is 7.12. The van der Waals surface area contributed by atoms with Crippen LogP contribution in [0, 0.1) is 0 Å². The van der Waals surface area contributed by atoms with E-state index in [1.165, 1.54) is 5.57 Å². The van der Waals surface area contributed by atoms with Crippen molar-refractivity contribution in [1.82, 2.24) is 15.1 Å². The largest absolute Gasteiger partial charge is 0.383 e. The maximum absolute atomic E-state index is 12.4. The molecule has 0 aromatic rings. The Hall–Kier alpha value is -0.910. The first-order valence-electron chi connectivity index (χ1n) is 7.12. The standard InChI is InChI=1S/C14H25N3O2/c1-12(13-10-15-11-13)14(18)17-5-3-4-16(6-7-17)8-9-19-2/h15H,3-11H2,1-2H3. The van der Waals surface area contributed by atoms with E-state index in [2.05, 4.69) is 10.2 Å². The van der Waals surface area contributed by atoms with Crippen molar-refractivity contribution in [2.45, 2.75) is 13.3 Å². The van der Waals surface area contributed by atoms with Crippen molar-refractivity contribution < 1.29 is 9.53 Å². The van der Waals surface area contributed by atoms with Crippen LogP contribution >= 0.6 is 0 Å². The van der Waals surface area contributed by atoms with Gasteiger partial charge in [-0.3, -0.25) is 9.69 Å². The number of hydrogen-bond acceptors (Lipinski definition) is 4. The third-order valence-corrected chi connectivity index (χ3v) is 4.02. The van der Waals surface area contributed by atoms with E-state index in [9.17, 15) is 4.79 Å². The van der Waals surface area contributed by atoms with Gasteiger partial charge in [0.05, 0.1) is 6.61 Å². The molecule has 2 fully saturated rings. The van der Waals surface area contributed by atoms with E-state index < -0.39 is 0 Å². The minimum atomic E-state index is 0.227. The summed E-state index contributed by atoms with van der Waals surface area (Å²) in [5.74, 6) is 0.227. The van der Waals surface area contributed by atoms with Crippen molar-refractivity contribution in [1.29, 1.82) is 0 Å². The van der Waals surface area contributed by atoms with E-state index in [1.807, 2.05) is 11.8 Å². The fourth-order valence-corrected chi connectivity index (χ4v) is 2.52. The Balaban J connectivity index is 1.86. The Labute approximate surface area is 115 Å². The maximum Gasteiger partial charge on any atom is 0.249 e. The smallest absolute Gasteiger partial charge is 0.249 e. The lowest BCUT2D eigenvalue weighted by molar-refractivity contribution is -0.127. The molecular weight excluding hydrogens is 242 g/mol. The molecule has 0 radical (unpaired) electrons. The van der Waals surface area contributed by atoms with Crippen LogP contribution in [0.1, 0.15) is 13.3 Å². The molecule has 0 bridgehead atoms. The molecule has 2 aliphatic rings. The lowest BCUT2D eigenvalue weighted by atomic mass is 10.0. The summed E-state index contributed by atoms with van der Waals surface area (Å²) < 4.78 is 5.11. The summed E-state index contributed by atoms with van der Waals surface area (Å²) in [6.07, 6.45) is 1.05. The quantitative estimate of drug-likeness (QED) is 0.733. The van der Waals surface area contributed by atoms with E-state index in [1.54, 1.807) is 7.11 Å². The van der Waals surface area contributed by atoms with Crippen LogP contribution in [0.25, 0.3) is 0 Å². The predicted octanol–water partition coefficient (Wildman–Crippen LogP) is 0.0868. The molecule has 5 nitrogen and oxygen atoms in total. The highest BCUT2D eigenvalue weighted by Gasteiger charge is 2.23. The summed E-state index contributed by atoms with van der Waals surface area (Å²) in [6, 6.07) is 0. The number of methoxy groups -OCH3 is 1. The first-order chi connectivity index (χ1) is 9.22. The molecule has 1 amide bonds. The fourth-order valence-electron chi connectivity index (χ4n) is 2.52.